The van der Waals surface area contributed by atoms with Crippen molar-refractivity contribution in [2.75, 3.05) is 40.0 Å². The Morgan fingerprint density at radius 2 is 1.93 bits per heavy atom. The summed E-state index contributed by atoms with van der Waals surface area (Å²) >= 11 is 1.74. The number of morpholine rings is 1. The fraction of sp³-hybridized carbons (Fsp3) is 0.375. The molecule has 6 heteroatoms. The summed E-state index contributed by atoms with van der Waals surface area (Å²) < 4.78 is 10.8. The van der Waals surface area contributed by atoms with Crippen molar-refractivity contribution in [1.29, 1.82) is 0 Å². The molecule has 0 saturated carbocycles. The fourth-order valence-electron chi connectivity index (χ4n) is 3.92. The van der Waals surface area contributed by atoms with Gasteiger partial charge < -0.3 is 14.8 Å². The van der Waals surface area contributed by atoms with Gasteiger partial charge in [0.1, 0.15) is 5.75 Å². The molecule has 1 N–H and O–H groups in total. The van der Waals surface area contributed by atoms with Gasteiger partial charge in [0.15, 0.2) is 0 Å². The van der Waals surface area contributed by atoms with Crippen LogP contribution < -0.4 is 10.1 Å². The molecule has 2 aromatic carbocycles. The first-order valence-electron chi connectivity index (χ1n) is 10.4. The van der Waals surface area contributed by atoms with Gasteiger partial charge in [0, 0.05) is 24.5 Å². The summed E-state index contributed by atoms with van der Waals surface area (Å²) in [7, 11) is 1.67. The van der Waals surface area contributed by atoms with Crippen molar-refractivity contribution in [1.82, 2.24) is 10.2 Å². The molecule has 1 aromatic heterocycles. The second-order valence-corrected chi connectivity index (χ2v) is 8.60. The molecule has 0 spiro atoms. The van der Waals surface area contributed by atoms with Gasteiger partial charge in [-0.2, -0.15) is 0 Å². The van der Waals surface area contributed by atoms with E-state index in [9.17, 15) is 4.79 Å². The second kappa shape index (κ2) is 9.60. The number of thiophene rings is 1. The lowest BCUT2D eigenvalue weighted by Gasteiger charge is -2.34. The van der Waals surface area contributed by atoms with Crippen LogP contribution in [0.4, 0.5) is 0 Å². The Balaban J connectivity index is 1.45. The standard InChI is InChI=1S/C24H28N2O3S/c1-17(18-5-6-20-15-21(28-2)8-7-19(20)14-18)24(27)25-16-22(23-4-3-13-30-23)26-9-11-29-12-10-26/h3-8,13-15,17,22H,9-12,16H2,1-2H3,(H,25,27)/t17-,22-/m0/s1. The molecule has 1 amide bonds. The highest BCUT2D eigenvalue weighted by atomic mass is 32.1. The van der Waals surface area contributed by atoms with Crippen LogP contribution in [0.3, 0.4) is 0 Å². The predicted molar refractivity (Wildman–Crippen MR) is 121 cm³/mol. The molecule has 1 fully saturated rings. The minimum absolute atomic E-state index is 0.0534. The second-order valence-electron chi connectivity index (χ2n) is 7.62. The van der Waals surface area contributed by atoms with E-state index < -0.39 is 0 Å². The maximum Gasteiger partial charge on any atom is 0.227 e. The number of benzene rings is 2. The van der Waals surface area contributed by atoms with Crippen molar-refractivity contribution >= 4 is 28.0 Å². The van der Waals surface area contributed by atoms with E-state index in [4.69, 9.17) is 9.47 Å². The van der Waals surface area contributed by atoms with Gasteiger partial charge in [-0.05, 0) is 46.8 Å². The van der Waals surface area contributed by atoms with Crippen LogP contribution in [0, 0.1) is 0 Å². The molecule has 30 heavy (non-hydrogen) atoms. The first kappa shape index (κ1) is 20.8. The van der Waals surface area contributed by atoms with Gasteiger partial charge in [0.05, 0.1) is 32.3 Å². The predicted octanol–water partition coefficient (Wildman–Crippen LogP) is 4.20. The minimum atomic E-state index is -0.217. The first-order chi connectivity index (χ1) is 14.7. The third kappa shape index (κ3) is 4.67. The summed E-state index contributed by atoms with van der Waals surface area (Å²) in [4.78, 5) is 16.7. The number of rotatable bonds is 7. The SMILES string of the molecule is COc1ccc2cc([C@H](C)C(=O)NC[C@@H](c3cccs3)N3CCOCC3)ccc2c1. The van der Waals surface area contributed by atoms with Crippen LogP contribution in [0.2, 0.25) is 0 Å². The summed E-state index contributed by atoms with van der Waals surface area (Å²) in [5, 5.41) is 7.51. The molecule has 2 atom stereocenters. The molecular weight excluding hydrogens is 396 g/mol. The lowest BCUT2D eigenvalue weighted by Crippen LogP contribution is -2.44. The molecule has 2 heterocycles. The van der Waals surface area contributed by atoms with Gasteiger partial charge in [-0.3, -0.25) is 9.69 Å². The third-order valence-electron chi connectivity index (χ3n) is 5.79. The normalized spacial score (nSPS) is 16.9. The summed E-state index contributed by atoms with van der Waals surface area (Å²) in [5.74, 6) is 0.673. The van der Waals surface area contributed by atoms with Crippen LogP contribution in [0.5, 0.6) is 5.75 Å². The molecule has 5 nitrogen and oxygen atoms in total. The molecule has 158 valence electrons. The Kier molecular flexibility index (Phi) is 6.67. The smallest absolute Gasteiger partial charge is 0.227 e. The summed E-state index contributed by atoms with van der Waals surface area (Å²) in [5.41, 5.74) is 1.02. The van der Waals surface area contributed by atoms with Gasteiger partial charge in [-0.15, -0.1) is 11.3 Å². The zero-order valence-electron chi connectivity index (χ0n) is 17.5. The van der Waals surface area contributed by atoms with E-state index in [1.54, 1.807) is 18.4 Å². The van der Waals surface area contributed by atoms with Crippen molar-refractivity contribution in [2.24, 2.45) is 0 Å². The highest BCUT2D eigenvalue weighted by molar-refractivity contribution is 7.10. The molecule has 1 aliphatic heterocycles. The Hall–Kier alpha value is -2.41. The Labute approximate surface area is 181 Å². The molecule has 1 aliphatic rings. The molecule has 0 radical (unpaired) electrons. The van der Waals surface area contributed by atoms with Crippen LogP contribution in [0.1, 0.15) is 29.3 Å². The van der Waals surface area contributed by atoms with E-state index >= 15 is 0 Å². The van der Waals surface area contributed by atoms with Gasteiger partial charge in [0.2, 0.25) is 5.91 Å². The number of methoxy groups -OCH3 is 1. The van der Waals surface area contributed by atoms with Crippen molar-refractivity contribution < 1.29 is 14.3 Å². The minimum Gasteiger partial charge on any atom is -0.497 e. The number of nitrogens with zero attached hydrogens (tertiary/aromatic N) is 1. The lowest BCUT2D eigenvalue weighted by molar-refractivity contribution is -0.122. The maximum absolute atomic E-state index is 13.0. The van der Waals surface area contributed by atoms with E-state index in [1.807, 2.05) is 31.2 Å². The van der Waals surface area contributed by atoms with E-state index in [-0.39, 0.29) is 17.9 Å². The summed E-state index contributed by atoms with van der Waals surface area (Å²) in [6.45, 7) is 5.84. The van der Waals surface area contributed by atoms with Crippen molar-refractivity contribution in [3.63, 3.8) is 0 Å². The number of fused-ring (bicyclic) bond motifs is 1. The van der Waals surface area contributed by atoms with E-state index in [2.05, 4.69) is 39.9 Å². The highest BCUT2D eigenvalue weighted by Gasteiger charge is 2.25. The van der Waals surface area contributed by atoms with E-state index in [0.29, 0.717) is 6.54 Å². The number of carbonyl (C=O) groups is 1. The number of hydrogen-bond acceptors (Lipinski definition) is 5. The lowest BCUT2D eigenvalue weighted by atomic mass is 9.97. The van der Waals surface area contributed by atoms with Gasteiger partial charge >= 0.3 is 0 Å². The largest absolute Gasteiger partial charge is 0.497 e. The average molecular weight is 425 g/mol. The van der Waals surface area contributed by atoms with Crippen LogP contribution >= 0.6 is 11.3 Å². The van der Waals surface area contributed by atoms with Crippen LogP contribution in [-0.4, -0.2) is 50.8 Å². The highest BCUT2D eigenvalue weighted by Crippen LogP contribution is 2.27. The molecule has 0 unspecified atom stereocenters. The fourth-order valence-corrected chi connectivity index (χ4v) is 4.78. The first-order valence-corrected chi connectivity index (χ1v) is 11.2. The molecule has 0 aliphatic carbocycles. The molecule has 1 saturated heterocycles. The number of amides is 1. The van der Waals surface area contributed by atoms with E-state index in [1.165, 1.54) is 4.88 Å². The average Bonchev–Trinajstić information content (AvgIpc) is 3.33. The summed E-state index contributed by atoms with van der Waals surface area (Å²) in [6.07, 6.45) is 0. The van der Waals surface area contributed by atoms with Crippen molar-refractivity contribution in [3.8, 4) is 5.75 Å². The van der Waals surface area contributed by atoms with Crippen molar-refractivity contribution in [3.05, 3.63) is 64.4 Å². The Bertz CT molecular complexity index is 983. The van der Waals surface area contributed by atoms with Crippen molar-refractivity contribution in [2.45, 2.75) is 18.9 Å². The quantitative estimate of drug-likeness (QED) is 0.618. The van der Waals surface area contributed by atoms with Gasteiger partial charge in [0.25, 0.3) is 0 Å². The molecule has 0 bridgehead atoms. The molecule has 4 rings (SSSR count). The zero-order chi connectivity index (χ0) is 20.9. The van der Waals surface area contributed by atoms with E-state index in [0.717, 1.165) is 48.4 Å². The van der Waals surface area contributed by atoms with Gasteiger partial charge in [-0.1, -0.05) is 30.3 Å². The monoisotopic (exact) mass is 424 g/mol. The number of hydrogen-bond donors (Lipinski definition) is 1. The number of nitrogens with one attached hydrogen (secondary N) is 1. The number of carbonyl (C=O) groups excluding carboxylic acids is 1. The maximum atomic E-state index is 13.0. The molecule has 3 aromatic rings. The summed E-state index contributed by atoms with van der Waals surface area (Å²) in [6, 6.07) is 16.6. The van der Waals surface area contributed by atoms with Crippen LogP contribution in [-0.2, 0) is 9.53 Å². The van der Waals surface area contributed by atoms with Gasteiger partial charge in [-0.25, -0.2) is 0 Å². The van der Waals surface area contributed by atoms with Crippen LogP contribution in [0.15, 0.2) is 53.9 Å². The van der Waals surface area contributed by atoms with Crippen LogP contribution in [0.25, 0.3) is 10.8 Å². The number of ether oxygens (including phenoxy) is 2. The molecular formula is C24H28N2O3S. The third-order valence-corrected chi connectivity index (χ3v) is 6.77. The zero-order valence-corrected chi connectivity index (χ0v) is 18.3. The Morgan fingerprint density at radius 1 is 1.17 bits per heavy atom. The topological polar surface area (TPSA) is 50.8 Å². The Morgan fingerprint density at radius 3 is 2.67 bits per heavy atom.